The van der Waals surface area contributed by atoms with E-state index in [0.29, 0.717) is 5.69 Å². The van der Waals surface area contributed by atoms with E-state index in [1.165, 1.54) is 6.42 Å². The molecule has 0 bridgehead atoms. The first-order valence-corrected chi connectivity index (χ1v) is 8.02. The molecule has 0 radical (unpaired) electrons. The lowest BCUT2D eigenvalue weighted by Crippen LogP contribution is -2.37. The van der Waals surface area contributed by atoms with Gasteiger partial charge in [-0.05, 0) is 49.4 Å². The second kappa shape index (κ2) is 7.33. The molecule has 0 aromatic carbocycles. The van der Waals surface area contributed by atoms with Crippen molar-refractivity contribution in [2.75, 3.05) is 27.2 Å². The van der Waals surface area contributed by atoms with Crippen LogP contribution in [0.15, 0.2) is 10.7 Å². The molecular weight excluding hydrogens is 320 g/mol. The number of carbonyl (C=O) groups excluding carboxylic acids is 1. The molecule has 1 aliphatic rings. The lowest BCUT2D eigenvalue weighted by atomic mass is 10.0. The molecule has 1 fully saturated rings. The van der Waals surface area contributed by atoms with Crippen molar-refractivity contribution in [1.29, 1.82) is 0 Å². The summed E-state index contributed by atoms with van der Waals surface area (Å²) in [4.78, 5) is 14.8. The number of Topliss-reactive ketones (excluding diaryl/α,β-unsaturated/α-hetero) is 1. The van der Waals surface area contributed by atoms with Gasteiger partial charge in [0.1, 0.15) is 5.69 Å². The largest absolute Gasteiger partial charge is 0.308 e. The van der Waals surface area contributed by atoms with Crippen LogP contribution in [0.25, 0.3) is 0 Å². The van der Waals surface area contributed by atoms with Crippen LogP contribution in [0.5, 0.6) is 0 Å². The van der Waals surface area contributed by atoms with Crippen LogP contribution in [0.4, 0.5) is 0 Å². The van der Waals surface area contributed by atoms with Gasteiger partial charge in [0.25, 0.3) is 0 Å². The highest BCUT2D eigenvalue weighted by molar-refractivity contribution is 9.10. The second-order valence-electron chi connectivity index (χ2n) is 5.59. The molecule has 1 aliphatic heterocycles. The molecule has 2 heterocycles. The van der Waals surface area contributed by atoms with Gasteiger partial charge in [-0.2, -0.15) is 5.10 Å². The Balaban J connectivity index is 2.13. The fourth-order valence-electron chi connectivity index (χ4n) is 2.49. The molecule has 0 aliphatic carbocycles. The Bertz CT molecular complexity index is 450. The first kappa shape index (κ1) is 15.7. The van der Waals surface area contributed by atoms with Crippen molar-refractivity contribution in [1.82, 2.24) is 20.0 Å². The zero-order valence-corrected chi connectivity index (χ0v) is 13.8. The molecule has 1 saturated heterocycles. The van der Waals surface area contributed by atoms with Gasteiger partial charge in [-0.3, -0.25) is 9.48 Å². The molecule has 0 saturated carbocycles. The smallest absolute Gasteiger partial charge is 0.198 e. The molecule has 2 rings (SSSR count). The minimum absolute atomic E-state index is 0.0661. The van der Waals surface area contributed by atoms with E-state index >= 15 is 0 Å². The Labute approximate surface area is 128 Å². The summed E-state index contributed by atoms with van der Waals surface area (Å²) in [6.45, 7) is 2.53. The second-order valence-corrected chi connectivity index (χ2v) is 6.44. The van der Waals surface area contributed by atoms with Gasteiger partial charge in [0, 0.05) is 6.54 Å². The number of carbonyl (C=O) groups is 1. The summed E-state index contributed by atoms with van der Waals surface area (Å²) in [6.07, 6.45) is 6.12. The Kier molecular flexibility index (Phi) is 5.74. The van der Waals surface area contributed by atoms with Gasteiger partial charge in [0.15, 0.2) is 5.78 Å². The number of hydrogen-bond donors (Lipinski definition) is 1. The average Bonchev–Trinajstić information content (AvgIpc) is 2.64. The number of aromatic nitrogens is 2. The third kappa shape index (κ3) is 3.90. The molecule has 1 aromatic rings. The monoisotopic (exact) mass is 342 g/mol. The SMILES string of the molecule is CN(C)CCn1ncc(Br)c1C(=O)C1CCCCCN1. The van der Waals surface area contributed by atoms with Crippen molar-refractivity contribution in [3.63, 3.8) is 0 Å². The van der Waals surface area contributed by atoms with E-state index in [1.807, 2.05) is 18.8 Å². The van der Waals surface area contributed by atoms with Gasteiger partial charge in [-0.25, -0.2) is 0 Å². The highest BCUT2D eigenvalue weighted by Crippen LogP contribution is 2.20. The summed E-state index contributed by atoms with van der Waals surface area (Å²) in [6, 6.07) is -0.0661. The van der Waals surface area contributed by atoms with Gasteiger partial charge in [0.05, 0.1) is 23.3 Å². The maximum Gasteiger partial charge on any atom is 0.198 e. The summed E-state index contributed by atoms with van der Waals surface area (Å²) in [5.41, 5.74) is 0.700. The molecule has 1 N–H and O–H groups in total. The van der Waals surface area contributed by atoms with Gasteiger partial charge >= 0.3 is 0 Å². The highest BCUT2D eigenvalue weighted by atomic mass is 79.9. The molecule has 0 amide bonds. The van der Waals surface area contributed by atoms with Crippen molar-refractivity contribution in [3.8, 4) is 0 Å². The molecule has 5 nitrogen and oxygen atoms in total. The van der Waals surface area contributed by atoms with E-state index in [2.05, 4.69) is 31.2 Å². The summed E-state index contributed by atoms with van der Waals surface area (Å²) in [5.74, 6) is 0.162. The topological polar surface area (TPSA) is 50.2 Å². The Morgan fingerprint density at radius 1 is 1.50 bits per heavy atom. The van der Waals surface area contributed by atoms with E-state index in [9.17, 15) is 4.79 Å². The molecule has 1 aromatic heterocycles. The Hall–Kier alpha value is -0.720. The van der Waals surface area contributed by atoms with E-state index in [1.54, 1.807) is 6.20 Å². The van der Waals surface area contributed by atoms with Gasteiger partial charge in [-0.1, -0.05) is 12.8 Å². The molecule has 1 unspecified atom stereocenters. The average molecular weight is 343 g/mol. The highest BCUT2D eigenvalue weighted by Gasteiger charge is 2.26. The fourth-order valence-corrected chi connectivity index (χ4v) is 2.98. The molecule has 0 spiro atoms. The van der Waals surface area contributed by atoms with Crippen LogP contribution in [0, 0.1) is 0 Å². The van der Waals surface area contributed by atoms with Crippen LogP contribution >= 0.6 is 15.9 Å². The van der Waals surface area contributed by atoms with Gasteiger partial charge < -0.3 is 10.2 Å². The van der Waals surface area contributed by atoms with Crippen molar-refractivity contribution in [2.24, 2.45) is 0 Å². The quantitative estimate of drug-likeness (QED) is 0.830. The minimum atomic E-state index is -0.0661. The molecule has 20 heavy (non-hydrogen) atoms. The lowest BCUT2D eigenvalue weighted by molar-refractivity contribution is 0.0928. The first-order valence-electron chi connectivity index (χ1n) is 7.23. The molecule has 6 heteroatoms. The van der Waals surface area contributed by atoms with E-state index in [-0.39, 0.29) is 11.8 Å². The van der Waals surface area contributed by atoms with Crippen molar-refractivity contribution in [2.45, 2.75) is 38.3 Å². The van der Waals surface area contributed by atoms with Gasteiger partial charge in [-0.15, -0.1) is 0 Å². The van der Waals surface area contributed by atoms with E-state index in [4.69, 9.17) is 0 Å². The predicted molar refractivity (Wildman–Crippen MR) is 83.1 cm³/mol. The molecular formula is C14H23BrN4O. The van der Waals surface area contributed by atoms with Crippen molar-refractivity contribution < 1.29 is 4.79 Å². The maximum atomic E-state index is 12.7. The minimum Gasteiger partial charge on any atom is -0.308 e. The number of ketones is 1. The number of nitrogens with one attached hydrogen (secondary N) is 1. The number of nitrogens with zero attached hydrogens (tertiary/aromatic N) is 3. The van der Waals surface area contributed by atoms with Crippen LogP contribution in [-0.4, -0.2) is 53.7 Å². The summed E-state index contributed by atoms with van der Waals surface area (Å²) in [7, 11) is 4.04. The van der Waals surface area contributed by atoms with E-state index < -0.39 is 0 Å². The van der Waals surface area contributed by atoms with Gasteiger partial charge in [0.2, 0.25) is 0 Å². The van der Waals surface area contributed by atoms with E-state index in [0.717, 1.165) is 43.4 Å². The summed E-state index contributed by atoms with van der Waals surface area (Å²) in [5, 5.41) is 7.69. The number of hydrogen-bond acceptors (Lipinski definition) is 4. The predicted octanol–water partition coefficient (Wildman–Crippen LogP) is 1.92. The van der Waals surface area contributed by atoms with Crippen LogP contribution < -0.4 is 5.32 Å². The Morgan fingerprint density at radius 3 is 3.05 bits per heavy atom. The fraction of sp³-hybridized carbons (Fsp3) is 0.714. The zero-order valence-electron chi connectivity index (χ0n) is 12.2. The summed E-state index contributed by atoms with van der Waals surface area (Å²) >= 11 is 3.47. The third-order valence-electron chi connectivity index (χ3n) is 3.66. The number of rotatable bonds is 5. The third-order valence-corrected chi connectivity index (χ3v) is 4.24. The van der Waals surface area contributed by atoms with Crippen LogP contribution in [0.2, 0.25) is 0 Å². The maximum absolute atomic E-state index is 12.7. The Morgan fingerprint density at radius 2 is 2.30 bits per heavy atom. The first-order chi connectivity index (χ1) is 9.59. The van der Waals surface area contributed by atoms with Crippen molar-refractivity contribution in [3.05, 3.63) is 16.4 Å². The van der Waals surface area contributed by atoms with Crippen LogP contribution in [-0.2, 0) is 6.54 Å². The molecule has 1 atom stereocenters. The van der Waals surface area contributed by atoms with Crippen LogP contribution in [0.1, 0.15) is 36.2 Å². The number of likely N-dealkylation sites (N-methyl/N-ethyl adjacent to an activating group) is 1. The zero-order chi connectivity index (χ0) is 14.5. The normalized spacial score (nSPS) is 20.1. The van der Waals surface area contributed by atoms with Crippen LogP contribution in [0.3, 0.4) is 0 Å². The number of halogens is 1. The van der Waals surface area contributed by atoms with Crippen molar-refractivity contribution >= 4 is 21.7 Å². The summed E-state index contributed by atoms with van der Waals surface area (Å²) < 4.78 is 2.62. The standard InChI is InChI=1S/C14H23BrN4O/c1-18(2)8-9-19-13(11(15)10-17-19)14(20)12-6-4-3-5-7-16-12/h10,12,16H,3-9H2,1-2H3. The molecule has 112 valence electrons. The lowest BCUT2D eigenvalue weighted by Gasteiger charge is -2.17.